The zero-order valence-corrected chi connectivity index (χ0v) is 77.3. The summed E-state index contributed by atoms with van der Waals surface area (Å²) < 4.78 is 15.3. The number of fused-ring (bicyclic) bond motifs is 22. The Kier molecular flexibility index (Phi) is 17.5. The van der Waals surface area contributed by atoms with Gasteiger partial charge >= 0.3 is 0 Å². The van der Waals surface area contributed by atoms with Gasteiger partial charge in [0.05, 0.1) is 88.9 Å². The van der Waals surface area contributed by atoms with Crippen LogP contribution in [0.25, 0.3) is 187 Å². The Morgan fingerprint density at radius 3 is 0.871 bits per heavy atom. The van der Waals surface area contributed by atoms with Crippen LogP contribution in [0.4, 0.5) is 0 Å². The number of hydrogen-bond donors (Lipinski definition) is 0. The molecule has 0 atom stereocenters. The number of para-hydroxylation sites is 8. The van der Waals surface area contributed by atoms with Crippen LogP contribution in [0.2, 0.25) is 0 Å². The van der Waals surface area contributed by atoms with Gasteiger partial charge < -0.3 is 27.4 Å². The molecule has 0 N–H and O–H groups in total. The number of hydrogen-bond acceptors (Lipinski definition) is 0. The van der Waals surface area contributed by atoms with Gasteiger partial charge in [-0.15, -0.1) is 0 Å². The van der Waals surface area contributed by atoms with Gasteiger partial charge in [0.1, 0.15) is 0 Å². The first kappa shape index (κ1) is 79.1. The van der Waals surface area contributed by atoms with E-state index < -0.39 is 0 Å². The van der Waals surface area contributed by atoms with Crippen molar-refractivity contribution in [2.24, 2.45) is 0 Å². The molecule has 0 aliphatic carbocycles. The third kappa shape index (κ3) is 11.3. The van der Waals surface area contributed by atoms with Crippen molar-refractivity contribution in [3.8, 4) is 56.4 Å². The fourth-order valence-electron chi connectivity index (χ4n) is 24.0. The molecule has 6 aromatic heterocycles. The summed E-state index contributed by atoms with van der Waals surface area (Å²) in [6, 6.07) is 132. The fraction of sp³-hybridized carbons (Fsp3) is 0.129. The lowest BCUT2D eigenvalue weighted by Crippen LogP contribution is -2.58. The van der Waals surface area contributed by atoms with Gasteiger partial charge in [-0.25, -0.2) is 0 Å². The predicted octanol–water partition coefficient (Wildman–Crippen LogP) is 28.0. The van der Waals surface area contributed by atoms with E-state index in [1.165, 1.54) is 276 Å². The molecular weight excluding hydrogens is 1600 g/mol. The van der Waals surface area contributed by atoms with Gasteiger partial charge in [0.15, 0.2) is 0 Å². The van der Waals surface area contributed by atoms with Crippen molar-refractivity contribution in [3.63, 3.8) is 0 Å². The first-order chi connectivity index (χ1) is 64.2. The highest BCUT2D eigenvalue weighted by atomic mass is 15.1. The third-order valence-corrected chi connectivity index (χ3v) is 30.7. The van der Waals surface area contributed by atoms with E-state index in [4.69, 9.17) is 0 Å². The van der Waals surface area contributed by atoms with Crippen LogP contribution < -0.4 is 32.8 Å². The molecule has 0 amide bonds. The lowest BCUT2D eigenvalue weighted by atomic mass is 9.34. The highest BCUT2D eigenvalue weighted by Gasteiger charge is 2.41. The number of rotatable bonds is 8. The average Bonchev–Trinajstić information content (AvgIpc) is 1.51. The smallest absolute Gasteiger partial charge is 0.247 e. The zero-order chi connectivity index (χ0) is 89.5. The SMILES string of the molecule is Cc1c(C)c(-n2c3ccccc3c3ccccc32)c(C)c(C)c1B1c2ccccc2-n2c3ccccc3c3c(-n4c5ccc(-c6ccccc6)cc5c5ccc(-c6ccccc6)cc54)ccc1c32.Cc1c(C)c(-n2c3ccccc3c3ccccc32)c(C)c(C)c1B1c2ccccc2-n2c3ccccc3c3c(-n4c5ccc(C(C)(C)C)cc5c5cc(C(C)(C)C)ccc54)ccc1c32. The normalized spacial score (nSPS) is 12.7. The van der Waals surface area contributed by atoms with E-state index in [0.29, 0.717) is 0 Å². The van der Waals surface area contributed by atoms with E-state index in [-0.39, 0.29) is 24.3 Å². The van der Waals surface area contributed by atoms with Crippen LogP contribution in [-0.4, -0.2) is 40.8 Å². The molecule has 2 aliphatic heterocycles. The van der Waals surface area contributed by atoms with E-state index in [0.717, 1.165) is 0 Å². The summed E-state index contributed by atoms with van der Waals surface area (Å²) >= 11 is 0. The summed E-state index contributed by atoms with van der Waals surface area (Å²) in [5.74, 6) is 0. The van der Waals surface area contributed by atoms with E-state index in [1.807, 2.05) is 0 Å². The fourth-order valence-corrected chi connectivity index (χ4v) is 24.0. The van der Waals surface area contributed by atoms with Crippen LogP contribution in [0, 0.1) is 55.4 Å². The molecule has 132 heavy (non-hydrogen) atoms. The Balaban J connectivity index is 0.000000142. The molecule has 0 fully saturated rings. The maximum Gasteiger partial charge on any atom is 0.247 e. The van der Waals surface area contributed by atoms with E-state index in [1.54, 1.807) is 0 Å². The van der Waals surface area contributed by atoms with Crippen molar-refractivity contribution in [1.82, 2.24) is 27.4 Å². The minimum Gasteiger partial charge on any atom is -0.310 e. The lowest BCUT2D eigenvalue weighted by molar-refractivity contribution is 0.590. The highest BCUT2D eigenvalue weighted by molar-refractivity contribution is 6.99. The van der Waals surface area contributed by atoms with Gasteiger partial charge in [0, 0.05) is 76.0 Å². The third-order valence-electron chi connectivity index (χ3n) is 30.7. The maximum atomic E-state index is 2.58. The average molecular weight is 1700 g/mol. The van der Waals surface area contributed by atoms with Crippen molar-refractivity contribution in [2.75, 3.05) is 0 Å². The standard InChI is InChI=1S/C64H46BN3.C60H54BN3/c1-39-41(3)63(67-54-27-15-11-23-47(54)48-24-12-16-28-55(48)67)42(4)40(2)62(39)65-52-26-14-18-30-58(52)68-56-29-17-13-25-50(56)61-59(36-34-53(65)64(61)68)66-57-35-32-45(43-19-7-5-8-20-43)37-51(57)49-33-31-46(38-60(49)66)44-21-9-6-10-22-44;1-35-37(3)57(63-48-23-15-11-19-41(48)42-20-12-16-24-49(42)63)38(4)36(2)56(35)61-46-22-14-18-26-53(46)64-50-25-17-13-21-43(50)55-54(32-29-47(61)58(55)64)62-51-30-27-39(59(5,6)7)33-44(51)45-34-40(60(8,9)10)28-31-52(45)62/h5-38H,1-4H3;11-34H,1-10H3. The first-order valence-corrected chi connectivity index (χ1v) is 47.0. The summed E-state index contributed by atoms with van der Waals surface area (Å²) in [4.78, 5) is 0. The summed E-state index contributed by atoms with van der Waals surface area (Å²) in [5, 5.41) is 15.4. The predicted molar refractivity (Wildman–Crippen MR) is 567 cm³/mol. The van der Waals surface area contributed by atoms with E-state index in [9.17, 15) is 0 Å². The Labute approximate surface area is 770 Å². The summed E-state index contributed by atoms with van der Waals surface area (Å²) in [6.07, 6.45) is 0. The molecule has 0 saturated carbocycles. The molecule has 0 saturated heterocycles. The van der Waals surface area contributed by atoms with Crippen molar-refractivity contribution in [3.05, 3.63) is 407 Å². The quantitative estimate of drug-likeness (QED) is 0.136. The molecule has 0 radical (unpaired) electrons. The maximum absolute atomic E-state index is 2.58. The Hall–Kier alpha value is -15.1. The van der Waals surface area contributed by atoms with Crippen LogP contribution in [0.1, 0.15) is 97.2 Å². The molecule has 24 aromatic rings. The minimum atomic E-state index is 0.0143. The van der Waals surface area contributed by atoms with Crippen molar-refractivity contribution in [2.45, 2.75) is 108 Å². The van der Waals surface area contributed by atoms with Crippen molar-refractivity contribution >= 4 is 177 Å². The minimum absolute atomic E-state index is 0.0143. The second kappa shape index (κ2) is 29.2. The summed E-state index contributed by atoms with van der Waals surface area (Å²) in [5.41, 5.74) is 48.9. The molecule has 26 rings (SSSR count). The molecule has 0 unspecified atom stereocenters. The topological polar surface area (TPSA) is 29.6 Å². The molecule has 8 heteroatoms. The van der Waals surface area contributed by atoms with Crippen LogP contribution in [-0.2, 0) is 10.8 Å². The summed E-state index contributed by atoms with van der Waals surface area (Å²) in [6.45, 7) is 32.9. The van der Waals surface area contributed by atoms with Gasteiger partial charge in [-0.1, -0.05) is 323 Å². The Morgan fingerprint density at radius 1 is 0.189 bits per heavy atom. The van der Waals surface area contributed by atoms with Gasteiger partial charge in [-0.2, -0.15) is 0 Å². The number of benzene rings is 18. The number of aromatic nitrogens is 6. The Morgan fingerprint density at radius 2 is 0.485 bits per heavy atom. The largest absolute Gasteiger partial charge is 0.310 e. The van der Waals surface area contributed by atoms with Crippen LogP contribution in [0.15, 0.2) is 352 Å². The van der Waals surface area contributed by atoms with Gasteiger partial charge in [0.25, 0.3) is 0 Å². The first-order valence-electron chi connectivity index (χ1n) is 47.0. The summed E-state index contributed by atoms with van der Waals surface area (Å²) in [7, 11) is 0. The van der Waals surface area contributed by atoms with Crippen LogP contribution >= 0.6 is 0 Å². The van der Waals surface area contributed by atoms with Gasteiger partial charge in [0.2, 0.25) is 13.4 Å². The molecule has 18 aromatic carbocycles. The molecule has 632 valence electrons. The second-order valence-corrected chi connectivity index (χ2v) is 39.6. The Bertz CT molecular complexity index is 8850. The monoisotopic (exact) mass is 1690 g/mol. The number of nitrogens with zero attached hydrogens (tertiary/aromatic N) is 6. The van der Waals surface area contributed by atoms with E-state index >= 15 is 0 Å². The molecule has 6 nitrogen and oxygen atoms in total. The molecule has 0 bridgehead atoms. The van der Waals surface area contributed by atoms with Crippen LogP contribution in [0.5, 0.6) is 0 Å². The second-order valence-electron chi connectivity index (χ2n) is 39.6. The van der Waals surface area contributed by atoms with Gasteiger partial charge in [-0.05, 0) is 247 Å². The zero-order valence-electron chi connectivity index (χ0n) is 77.3. The van der Waals surface area contributed by atoms with Crippen molar-refractivity contribution < 1.29 is 0 Å². The van der Waals surface area contributed by atoms with Gasteiger partial charge in [-0.3, -0.25) is 0 Å². The van der Waals surface area contributed by atoms with E-state index in [2.05, 4.69) is 476 Å². The van der Waals surface area contributed by atoms with Crippen LogP contribution in [0.3, 0.4) is 0 Å². The molecule has 0 spiro atoms. The molecule has 2 aliphatic rings. The highest BCUT2D eigenvalue weighted by Crippen LogP contribution is 2.48. The molecule has 8 heterocycles. The molecular formula is C124H100B2N6. The lowest BCUT2D eigenvalue weighted by Gasteiger charge is -2.31. The van der Waals surface area contributed by atoms with Crippen molar-refractivity contribution in [1.29, 1.82) is 0 Å².